The molecule has 0 aliphatic carbocycles. The Balaban J connectivity index is 2.34. The van der Waals surface area contributed by atoms with Crippen LogP contribution < -0.4 is 10.1 Å². The van der Waals surface area contributed by atoms with Gasteiger partial charge in [-0.3, -0.25) is 9.59 Å². The second-order valence-electron chi connectivity index (χ2n) is 6.10. The summed E-state index contributed by atoms with van der Waals surface area (Å²) in [6.07, 6.45) is 0.200. The molecule has 1 rings (SSSR count). The van der Waals surface area contributed by atoms with Gasteiger partial charge in [-0.15, -0.1) is 0 Å². The second kappa shape index (κ2) is 8.03. The molecule has 1 aromatic carbocycles. The zero-order valence-corrected chi connectivity index (χ0v) is 14.2. The molecule has 0 heterocycles. The Morgan fingerprint density at radius 3 is 2.59 bits per heavy atom. The first-order valence-corrected chi connectivity index (χ1v) is 7.48. The van der Waals surface area contributed by atoms with Crippen LogP contribution in [0.2, 0.25) is 5.02 Å². The Morgan fingerprint density at radius 1 is 1.32 bits per heavy atom. The summed E-state index contributed by atoms with van der Waals surface area (Å²) in [5.41, 5.74) is -0.309. The van der Waals surface area contributed by atoms with Gasteiger partial charge in [0.25, 0.3) is 0 Å². The highest BCUT2D eigenvalue weighted by molar-refractivity contribution is 6.30. The van der Waals surface area contributed by atoms with Crippen molar-refractivity contribution in [3.05, 3.63) is 29.3 Å². The highest BCUT2D eigenvalue weighted by atomic mass is 35.5. The third-order valence-electron chi connectivity index (χ3n) is 2.70. The van der Waals surface area contributed by atoms with Crippen LogP contribution in [0.5, 0.6) is 5.75 Å². The van der Waals surface area contributed by atoms with E-state index in [1.807, 2.05) is 20.8 Å². The molecule has 6 heteroatoms. The summed E-state index contributed by atoms with van der Waals surface area (Å²) in [6, 6.07) is 6.99. The number of hydrogen-bond acceptors (Lipinski definition) is 3. The van der Waals surface area contributed by atoms with E-state index in [9.17, 15) is 9.59 Å². The molecule has 22 heavy (non-hydrogen) atoms. The molecule has 0 aliphatic heterocycles. The predicted molar refractivity (Wildman–Crippen MR) is 87.1 cm³/mol. The first-order chi connectivity index (χ1) is 10.2. The lowest BCUT2D eigenvalue weighted by atomic mass is 10.1. The number of ether oxygens (including phenoxy) is 1. The van der Waals surface area contributed by atoms with Gasteiger partial charge >= 0.3 is 0 Å². The van der Waals surface area contributed by atoms with Gasteiger partial charge in [0.1, 0.15) is 5.75 Å². The summed E-state index contributed by atoms with van der Waals surface area (Å²) in [5.74, 6) is 0.290. The maximum Gasteiger partial charge on any atom is 0.240 e. The van der Waals surface area contributed by atoms with Crippen molar-refractivity contribution < 1.29 is 14.3 Å². The third-order valence-corrected chi connectivity index (χ3v) is 2.94. The van der Waals surface area contributed by atoms with Gasteiger partial charge in [-0.2, -0.15) is 0 Å². The van der Waals surface area contributed by atoms with Crippen molar-refractivity contribution in [1.82, 2.24) is 10.2 Å². The number of benzene rings is 1. The number of likely N-dealkylation sites (N-methyl/N-ethyl adjacent to an activating group) is 1. The first kappa shape index (κ1) is 18.3. The minimum atomic E-state index is -0.309. The van der Waals surface area contributed by atoms with E-state index in [4.69, 9.17) is 16.3 Å². The second-order valence-corrected chi connectivity index (χ2v) is 6.54. The lowest BCUT2D eigenvalue weighted by molar-refractivity contribution is -0.135. The largest absolute Gasteiger partial charge is 0.493 e. The molecule has 0 fully saturated rings. The Kier molecular flexibility index (Phi) is 6.68. The monoisotopic (exact) mass is 326 g/mol. The van der Waals surface area contributed by atoms with Crippen LogP contribution in [0.1, 0.15) is 27.2 Å². The Morgan fingerprint density at radius 2 is 2.00 bits per heavy atom. The maximum absolute atomic E-state index is 11.9. The number of amides is 2. The van der Waals surface area contributed by atoms with Crippen LogP contribution in [0.15, 0.2) is 24.3 Å². The van der Waals surface area contributed by atoms with E-state index in [0.29, 0.717) is 10.8 Å². The van der Waals surface area contributed by atoms with E-state index in [-0.39, 0.29) is 36.9 Å². The van der Waals surface area contributed by atoms with Crippen LogP contribution in [0.3, 0.4) is 0 Å². The summed E-state index contributed by atoms with van der Waals surface area (Å²) in [5, 5.41) is 3.40. The van der Waals surface area contributed by atoms with Crippen LogP contribution >= 0.6 is 11.6 Å². The molecule has 122 valence electrons. The Bertz CT molecular complexity index is 526. The smallest absolute Gasteiger partial charge is 0.240 e. The summed E-state index contributed by atoms with van der Waals surface area (Å²) in [4.78, 5) is 25.1. The summed E-state index contributed by atoms with van der Waals surface area (Å²) in [7, 11) is 1.60. The normalized spacial score (nSPS) is 11.0. The number of carbonyl (C=O) groups is 2. The van der Waals surface area contributed by atoms with E-state index in [1.165, 1.54) is 4.90 Å². The van der Waals surface area contributed by atoms with Gasteiger partial charge in [0, 0.05) is 17.6 Å². The van der Waals surface area contributed by atoms with Gasteiger partial charge in [-0.05, 0) is 39.0 Å². The summed E-state index contributed by atoms with van der Waals surface area (Å²) < 4.78 is 5.46. The number of halogens is 1. The predicted octanol–water partition coefficient (Wildman–Crippen LogP) is 2.48. The first-order valence-electron chi connectivity index (χ1n) is 7.11. The van der Waals surface area contributed by atoms with Gasteiger partial charge in [0.05, 0.1) is 19.6 Å². The molecule has 0 bridgehead atoms. The number of nitrogens with one attached hydrogen (secondary N) is 1. The molecule has 0 spiro atoms. The summed E-state index contributed by atoms with van der Waals surface area (Å²) in [6.45, 7) is 5.96. The van der Waals surface area contributed by atoms with Crippen molar-refractivity contribution in [3.63, 3.8) is 0 Å². The lowest BCUT2D eigenvalue weighted by Gasteiger charge is -2.23. The average Bonchev–Trinajstić information content (AvgIpc) is 2.36. The lowest BCUT2D eigenvalue weighted by Crippen LogP contribution is -2.46. The van der Waals surface area contributed by atoms with Gasteiger partial charge in [0.15, 0.2) is 0 Å². The van der Waals surface area contributed by atoms with Crippen molar-refractivity contribution in [2.24, 2.45) is 0 Å². The SMILES string of the molecule is CN(CC(=O)NC(C)(C)C)C(=O)CCOc1cccc(Cl)c1. The molecule has 2 amide bonds. The molecule has 0 radical (unpaired) electrons. The minimum absolute atomic E-state index is 0.0350. The van der Waals surface area contributed by atoms with Gasteiger partial charge in [0.2, 0.25) is 11.8 Å². The van der Waals surface area contributed by atoms with E-state index in [2.05, 4.69) is 5.32 Å². The van der Waals surface area contributed by atoms with E-state index in [1.54, 1.807) is 31.3 Å². The fraction of sp³-hybridized carbons (Fsp3) is 0.500. The maximum atomic E-state index is 11.9. The van der Waals surface area contributed by atoms with Crippen LogP contribution in [-0.4, -0.2) is 42.5 Å². The topological polar surface area (TPSA) is 58.6 Å². The molecule has 0 saturated heterocycles. The average molecular weight is 327 g/mol. The van der Waals surface area contributed by atoms with E-state index >= 15 is 0 Å². The van der Waals surface area contributed by atoms with Crippen LogP contribution in [0, 0.1) is 0 Å². The molecule has 1 N–H and O–H groups in total. The van der Waals surface area contributed by atoms with Crippen molar-refractivity contribution in [1.29, 1.82) is 0 Å². The van der Waals surface area contributed by atoms with E-state index in [0.717, 1.165) is 0 Å². The molecular formula is C16H23ClN2O3. The van der Waals surface area contributed by atoms with Crippen LogP contribution in [0.25, 0.3) is 0 Å². The van der Waals surface area contributed by atoms with Crippen LogP contribution in [-0.2, 0) is 9.59 Å². The molecule has 5 nitrogen and oxygen atoms in total. The third kappa shape index (κ3) is 7.31. The summed E-state index contributed by atoms with van der Waals surface area (Å²) >= 11 is 5.85. The molecular weight excluding hydrogens is 304 g/mol. The number of rotatable bonds is 6. The van der Waals surface area contributed by atoms with Crippen molar-refractivity contribution >= 4 is 23.4 Å². The fourth-order valence-corrected chi connectivity index (χ4v) is 1.95. The highest BCUT2D eigenvalue weighted by Gasteiger charge is 2.17. The van der Waals surface area contributed by atoms with Crippen molar-refractivity contribution in [3.8, 4) is 5.75 Å². The van der Waals surface area contributed by atoms with Gasteiger partial charge < -0.3 is 15.0 Å². The van der Waals surface area contributed by atoms with Crippen LogP contribution in [0.4, 0.5) is 0 Å². The van der Waals surface area contributed by atoms with E-state index < -0.39 is 0 Å². The highest BCUT2D eigenvalue weighted by Crippen LogP contribution is 2.17. The Labute approximate surface area is 136 Å². The Hall–Kier alpha value is -1.75. The fourth-order valence-electron chi connectivity index (χ4n) is 1.77. The molecule has 0 atom stereocenters. The standard InChI is InChI=1S/C16H23ClN2O3/c1-16(2,3)18-14(20)11-19(4)15(21)8-9-22-13-7-5-6-12(17)10-13/h5-7,10H,8-9,11H2,1-4H3,(H,18,20). The van der Waals surface area contributed by atoms with Gasteiger partial charge in [-0.25, -0.2) is 0 Å². The molecule has 1 aromatic rings. The minimum Gasteiger partial charge on any atom is -0.493 e. The molecule has 0 saturated carbocycles. The number of carbonyl (C=O) groups excluding carboxylic acids is 2. The van der Waals surface area contributed by atoms with Crippen molar-refractivity contribution in [2.45, 2.75) is 32.7 Å². The zero-order chi connectivity index (χ0) is 16.8. The molecule has 0 unspecified atom stereocenters. The molecule has 0 aromatic heterocycles. The molecule has 0 aliphatic rings. The number of nitrogens with zero attached hydrogens (tertiary/aromatic N) is 1. The van der Waals surface area contributed by atoms with Gasteiger partial charge in [-0.1, -0.05) is 17.7 Å². The van der Waals surface area contributed by atoms with Crippen molar-refractivity contribution in [2.75, 3.05) is 20.2 Å². The quantitative estimate of drug-likeness (QED) is 0.873. The number of hydrogen-bond donors (Lipinski definition) is 1. The zero-order valence-electron chi connectivity index (χ0n) is 13.5.